The Bertz CT molecular complexity index is 618. The number of nitro benzene ring substituents is 1. The van der Waals surface area contributed by atoms with Gasteiger partial charge in [0, 0.05) is 18.4 Å². The highest BCUT2D eigenvalue weighted by Crippen LogP contribution is 2.30. The number of hydrogen-bond donors (Lipinski definition) is 1. The maximum atomic E-state index is 13.3. The van der Waals surface area contributed by atoms with Crippen molar-refractivity contribution in [2.24, 2.45) is 0 Å². The van der Waals surface area contributed by atoms with Gasteiger partial charge in [-0.2, -0.15) is 5.10 Å². The second-order valence-corrected chi connectivity index (χ2v) is 4.72. The first-order valence-corrected chi connectivity index (χ1v) is 6.22. The van der Waals surface area contributed by atoms with E-state index in [9.17, 15) is 14.5 Å². The van der Waals surface area contributed by atoms with Gasteiger partial charge in [-0.25, -0.2) is 4.39 Å². The van der Waals surface area contributed by atoms with E-state index in [1.54, 1.807) is 23.1 Å². The van der Waals surface area contributed by atoms with Crippen molar-refractivity contribution >= 4 is 23.0 Å². The molecule has 2 aromatic rings. The zero-order chi connectivity index (χ0) is 14.7. The number of nitrogens with one attached hydrogen (secondary N) is 1. The lowest BCUT2D eigenvalue weighted by molar-refractivity contribution is -0.384. The molecule has 0 amide bonds. The summed E-state index contributed by atoms with van der Waals surface area (Å²) in [7, 11) is 0. The summed E-state index contributed by atoms with van der Waals surface area (Å²) in [6, 6.07) is 3.67. The number of nitro groups is 1. The van der Waals surface area contributed by atoms with Crippen molar-refractivity contribution in [1.29, 1.82) is 0 Å². The molecule has 1 aromatic heterocycles. The van der Waals surface area contributed by atoms with Gasteiger partial charge in [-0.05, 0) is 19.1 Å². The molecule has 1 N–H and O–H groups in total. The van der Waals surface area contributed by atoms with Crippen molar-refractivity contribution in [3.8, 4) is 0 Å². The zero-order valence-electron chi connectivity index (χ0n) is 10.6. The van der Waals surface area contributed by atoms with Gasteiger partial charge in [0.25, 0.3) is 5.69 Å². The molecule has 0 aliphatic heterocycles. The van der Waals surface area contributed by atoms with E-state index in [-0.39, 0.29) is 22.4 Å². The van der Waals surface area contributed by atoms with E-state index in [1.165, 1.54) is 6.07 Å². The summed E-state index contributed by atoms with van der Waals surface area (Å²) >= 11 is 5.66. The third-order valence-electron chi connectivity index (χ3n) is 2.66. The summed E-state index contributed by atoms with van der Waals surface area (Å²) in [5, 5.41) is 17.7. The Balaban J connectivity index is 2.19. The van der Waals surface area contributed by atoms with Crippen molar-refractivity contribution in [3.63, 3.8) is 0 Å². The zero-order valence-corrected chi connectivity index (χ0v) is 11.3. The van der Waals surface area contributed by atoms with Crippen LogP contribution < -0.4 is 5.32 Å². The van der Waals surface area contributed by atoms with E-state index in [1.807, 2.05) is 6.92 Å². The fraction of sp³-hybridized carbons (Fsp3) is 0.250. The maximum absolute atomic E-state index is 13.3. The molecule has 1 heterocycles. The Morgan fingerprint density at radius 2 is 2.35 bits per heavy atom. The largest absolute Gasteiger partial charge is 0.375 e. The maximum Gasteiger partial charge on any atom is 0.295 e. The highest BCUT2D eigenvalue weighted by molar-refractivity contribution is 6.31. The van der Waals surface area contributed by atoms with Crippen LogP contribution in [0.3, 0.4) is 0 Å². The predicted octanol–water partition coefficient (Wildman–Crippen LogP) is 3.08. The minimum atomic E-state index is -0.816. The highest BCUT2D eigenvalue weighted by Gasteiger charge is 2.19. The van der Waals surface area contributed by atoms with E-state index >= 15 is 0 Å². The quantitative estimate of drug-likeness (QED) is 0.680. The Morgan fingerprint density at radius 3 is 2.95 bits per heavy atom. The highest BCUT2D eigenvalue weighted by atomic mass is 35.5. The van der Waals surface area contributed by atoms with Gasteiger partial charge in [0.1, 0.15) is 11.5 Å². The monoisotopic (exact) mass is 298 g/mol. The molecule has 20 heavy (non-hydrogen) atoms. The minimum Gasteiger partial charge on any atom is -0.375 e. The molecule has 2 rings (SSSR count). The standard InChI is InChI=1S/C12H12ClFN4O2/c1-8(7-17-4-2-3-15-17)16-11-5-9(13)10(14)6-12(11)18(19)20/h2-6,8,16H,7H2,1H3. The van der Waals surface area contributed by atoms with Crippen molar-refractivity contribution < 1.29 is 9.31 Å². The molecule has 0 bridgehead atoms. The number of halogens is 2. The van der Waals surface area contributed by atoms with E-state index in [0.29, 0.717) is 6.54 Å². The van der Waals surface area contributed by atoms with Crippen LogP contribution in [0.4, 0.5) is 15.8 Å². The van der Waals surface area contributed by atoms with Gasteiger partial charge in [0.05, 0.1) is 22.6 Å². The molecule has 8 heteroatoms. The van der Waals surface area contributed by atoms with Crippen LogP contribution in [0.2, 0.25) is 5.02 Å². The molecular weight excluding hydrogens is 287 g/mol. The van der Waals surface area contributed by atoms with Crippen LogP contribution >= 0.6 is 11.6 Å². The van der Waals surface area contributed by atoms with Crippen LogP contribution in [-0.4, -0.2) is 20.7 Å². The lowest BCUT2D eigenvalue weighted by atomic mass is 10.2. The van der Waals surface area contributed by atoms with Gasteiger partial charge in [-0.1, -0.05) is 11.6 Å². The second kappa shape index (κ2) is 5.87. The molecule has 1 unspecified atom stereocenters. The first-order chi connectivity index (χ1) is 9.47. The minimum absolute atomic E-state index is 0.143. The summed E-state index contributed by atoms with van der Waals surface area (Å²) in [5.41, 5.74) is -0.166. The Hall–Kier alpha value is -2.15. The van der Waals surface area contributed by atoms with Crippen LogP contribution in [0.15, 0.2) is 30.6 Å². The topological polar surface area (TPSA) is 73.0 Å². The van der Waals surface area contributed by atoms with Gasteiger partial charge >= 0.3 is 0 Å². The average molecular weight is 299 g/mol. The van der Waals surface area contributed by atoms with Crippen molar-refractivity contribution in [1.82, 2.24) is 9.78 Å². The molecule has 1 atom stereocenters. The fourth-order valence-corrected chi connectivity index (χ4v) is 1.97. The molecular formula is C12H12ClFN4O2. The van der Waals surface area contributed by atoms with Crippen LogP contribution in [-0.2, 0) is 6.54 Å². The number of anilines is 1. The van der Waals surface area contributed by atoms with Gasteiger partial charge < -0.3 is 5.32 Å². The van der Waals surface area contributed by atoms with Gasteiger partial charge in [-0.15, -0.1) is 0 Å². The molecule has 0 fully saturated rings. The van der Waals surface area contributed by atoms with Crippen molar-refractivity contribution in [3.05, 3.63) is 51.5 Å². The predicted molar refractivity (Wildman–Crippen MR) is 73.4 cm³/mol. The normalized spacial score (nSPS) is 12.2. The van der Waals surface area contributed by atoms with Gasteiger partial charge in [-0.3, -0.25) is 14.8 Å². The Morgan fingerprint density at radius 1 is 1.60 bits per heavy atom. The lowest BCUT2D eigenvalue weighted by Crippen LogP contribution is -2.22. The lowest BCUT2D eigenvalue weighted by Gasteiger charge is -2.15. The molecule has 0 saturated heterocycles. The summed E-state index contributed by atoms with van der Waals surface area (Å²) in [5.74, 6) is -0.816. The number of nitrogens with zero attached hydrogens (tertiary/aromatic N) is 3. The third kappa shape index (κ3) is 3.24. The smallest absolute Gasteiger partial charge is 0.295 e. The second-order valence-electron chi connectivity index (χ2n) is 4.31. The third-order valence-corrected chi connectivity index (χ3v) is 2.95. The Kier molecular flexibility index (Phi) is 4.19. The molecule has 0 aliphatic carbocycles. The molecule has 1 aromatic carbocycles. The average Bonchev–Trinajstić information content (AvgIpc) is 2.85. The van der Waals surface area contributed by atoms with E-state index in [4.69, 9.17) is 11.6 Å². The SMILES string of the molecule is CC(Cn1cccn1)Nc1cc(Cl)c(F)cc1[N+](=O)[O-]. The van der Waals surface area contributed by atoms with Crippen LogP contribution in [0.25, 0.3) is 0 Å². The van der Waals surface area contributed by atoms with Gasteiger partial charge in [0.15, 0.2) is 0 Å². The number of aromatic nitrogens is 2. The summed E-state index contributed by atoms with van der Waals surface area (Å²) in [6.07, 6.45) is 3.42. The molecule has 0 spiro atoms. The molecule has 106 valence electrons. The van der Waals surface area contributed by atoms with Crippen LogP contribution in [0.5, 0.6) is 0 Å². The van der Waals surface area contributed by atoms with E-state index < -0.39 is 10.7 Å². The van der Waals surface area contributed by atoms with E-state index in [0.717, 1.165) is 6.07 Å². The van der Waals surface area contributed by atoms with Crippen LogP contribution in [0.1, 0.15) is 6.92 Å². The molecule has 0 saturated carbocycles. The first kappa shape index (κ1) is 14.3. The molecule has 0 radical (unpaired) electrons. The van der Waals surface area contributed by atoms with Crippen LogP contribution in [0, 0.1) is 15.9 Å². The number of benzene rings is 1. The molecule has 0 aliphatic rings. The fourth-order valence-electron chi connectivity index (χ4n) is 1.80. The van der Waals surface area contributed by atoms with Crippen molar-refractivity contribution in [2.75, 3.05) is 5.32 Å². The number of rotatable bonds is 5. The van der Waals surface area contributed by atoms with E-state index in [2.05, 4.69) is 10.4 Å². The van der Waals surface area contributed by atoms with Crippen molar-refractivity contribution in [2.45, 2.75) is 19.5 Å². The summed E-state index contributed by atoms with van der Waals surface area (Å²) < 4.78 is 15.0. The number of hydrogen-bond acceptors (Lipinski definition) is 4. The summed E-state index contributed by atoms with van der Waals surface area (Å²) in [6.45, 7) is 2.35. The Labute approximate surface area is 119 Å². The first-order valence-electron chi connectivity index (χ1n) is 5.84. The van der Waals surface area contributed by atoms with Gasteiger partial charge in [0.2, 0.25) is 0 Å². The summed E-state index contributed by atoms with van der Waals surface area (Å²) in [4.78, 5) is 10.3. The molecule has 6 nitrogen and oxygen atoms in total.